The van der Waals surface area contributed by atoms with Crippen LogP contribution in [0.2, 0.25) is 0 Å². The van der Waals surface area contributed by atoms with Gasteiger partial charge in [0, 0.05) is 6.54 Å². The van der Waals surface area contributed by atoms with Gasteiger partial charge < -0.3 is 26.0 Å². The van der Waals surface area contributed by atoms with Crippen LogP contribution in [0.3, 0.4) is 0 Å². The van der Waals surface area contributed by atoms with E-state index in [1.54, 1.807) is 24.3 Å². The number of carbonyl (C=O) groups is 2. The number of carboxylic acids is 1. The lowest BCUT2D eigenvalue weighted by molar-refractivity contribution is -0.141. The summed E-state index contributed by atoms with van der Waals surface area (Å²) in [6.07, 6.45) is -1.23. The van der Waals surface area contributed by atoms with Crippen LogP contribution in [0.25, 0.3) is 0 Å². The third kappa shape index (κ3) is 6.17. The summed E-state index contributed by atoms with van der Waals surface area (Å²) in [6.45, 7) is -0.00297. The van der Waals surface area contributed by atoms with Crippen LogP contribution < -0.4 is 15.8 Å². The molecule has 0 radical (unpaired) electrons. The molecule has 20 heavy (non-hydrogen) atoms. The average Bonchev–Trinajstić information content (AvgIpc) is 2.41. The minimum Gasteiger partial charge on any atom is -0.491 e. The van der Waals surface area contributed by atoms with Crippen molar-refractivity contribution in [2.24, 2.45) is 5.73 Å². The van der Waals surface area contributed by atoms with Gasteiger partial charge in [0.2, 0.25) is 5.91 Å². The van der Waals surface area contributed by atoms with Gasteiger partial charge in [0.15, 0.2) is 0 Å². The predicted octanol–water partition coefficient (Wildman–Crippen LogP) is -0.655. The van der Waals surface area contributed by atoms with Crippen molar-refractivity contribution in [2.75, 3.05) is 13.2 Å². The first kappa shape index (κ1) is 15.9. The number of amides is 1. The third-order valence-electron chi connectivity index (χ3n) is 2.49. The van der Waals surface area contributed by atoms with Crippen molar-refractivity contribution in [3.8, 4) is 5.75 Å². The van der Waals surface area contributed by atoms with E-state index in [1.807, 2.05) is 6.07 Å². The van der Waals surface area contributed by atoms with Crippen molar-refractivity contribution in [3.63, 3.8) is 0 Å². The maximum atomic E-state index is 10.8. The molecule has 7 nitrogen and oxygen atoms in total. The molecule has 0 heterocycles. The van der Waals surface area contributed by atoms with E-state index >= 15 is 0 Å². The molecule has 1 rings (SSSR count). The summed E-state index contributed by atoms with van der Waals surface area (Å²) < 4.78 is 5.31. The fourth-order valence-corrected chi connectivity index (χ4v) is 1.49. The summed E-state index contributed by atoms with van der Waals surface area (Å²) in [7, 11) is 0. The second-order valence-electron chi connectivity index (χ2n) is 4.25. The Kier molecular flexibility index (Phi) is 6.48. The van der Waals surface area contributed by atoms with Gasteiger partial charge >= 0.3 is 5.97 Å². The fraction of sp³-hybridized carbons (Fsp3) is 0.385. The van der Waals surface area contributed by atoms with Gasteiger partial charge in [0.1, 0.15) is 24.5 Å². The second-order valence-corrected chi connectivity index (χ2v) is 4.25. The highest BCUT2D eigenvalue weighted by Gasteiger charge is 2.20. The number of hydrogen-bond donors (Lipinski definition) is 4. The number of hydrogen-bond acceptors (Lipinski definition) is 5. The van der Waals surface area contributed by atoms with Crippen molar-refractivity contribution >= 4 is 11.9 Å². The Morgan fingerprint density at radius 3 is 2.50 bits per heavy atom. The molecule has 0 unspecified atom stereocenters. The molecule has 0 saturated heterocycles. The number of aliphatic hydroxyl groups excluding tert-OH is 1. The number of rotatable bonds is 9. The van der Waals surface area contributed by atoms with E-state index in [0.717, 1.165) is 0 Å². The number of ether oxygens (including phenoxy) is 1. The van der Waals surface area contributed by atoms with E-state index in [0.29, 0.717) is 5.75 Å². The Bertz CT molecular complexity index is 438. The van der Waals surface area contributed by atoms with Gasteiger partial charge in [-0.2, -0.15) is 0 Å². The summed E-state index contributed by atoms with van der Waals surface area (Å²) >= 11 is 0. The summed E-state index contributed by atoms with van der Waals surface area (Å²) in [5.74, 6) is -1.31. The number of aliphatic hydroxyl groups is 1. The lowest BCUT2D eigenvalue weighted by Gasteiger charge is -2.16. The number of nitrogens with one attached hydrogen (secondary N) is 1. The van der Waals surface area contributed by atoms with E-state index in [1.165, 1.54) is 0 Å². The molecule has 0 aromatic heterocycles. The first-order chi connectivity index (χ1) is 9.49. The van der Waals surface area contributed by atoms with Gasteiger partial charge in [-0.25, -0.2) is 0 Å². The van der Waals surface area contributed by atoms with Crippen molar-refractivity contribution in [2.45, 2.75) is 18.6 Å². The van der Waals surface area contributed by atoms with Crippen LogP contribution in [0.4, 0.5) is 0 Å². The van der Waals surface area contributed by atoms with E-state index < -0.39 is 24.0 Å². The Hall–Kier alpha value is -2.12. The molecule has 0 aliphatic carbocycles. The molecule has 0 saturated carbocycles. The van der Waals surface area contributed by atoms with Crippen LogP contribution in [0, 0.1) is 0 Å². The van der Waals surface area contributed by atoms with Crippen molar-refractivity contribution in [1.82, 2.24) is 5.32 Å². The van der Waals surface area contributed by atoms with E-state index in [9.17, 15) is 14.7 Å². The molecule has 1 aromatic rings. The maximum Gasteiger partial charge on any atom is 0.321 e. The van der Waals surface area contributed by atoms with Gasteiger partial charge in [0.05, 0.1) is 6.42 Å². The molecule has 0 fully saturated rings. The molecule has 5 N–H and O–H groups in total. The van der Waals surface area contributed by atoms with E-state index in [4.69, 9.17) is 15.6 Å². The highest BCUT2D eigenvalue weighted by molar-refractivity contribution is 5.83. The SMILES string of the molecule is NC(=O)C[C@@H](NC[C@H](O)COc1ccccc1)C(=O)O. The number of aliphatic carboxylic acids is 1. The highest BCUT2D eigenvalue weighted by atomic mass is 16.5. The molecule has 0 aliphatic heterocycles. The van der Waals surface area contributed by atoms with Gasteiger partial charge in [-0.1, -0.05) is 18.2 Å². The van der Waals surface area contributed by atoms with E-state index in [2.05, 4.69) is 5.32 Å². The third-order valence-corrected chi connectivity index (χ3v) is 2.49. The predicted molar refractivity (Wildman–Crippen MR) is 71.2 cm³/mol. The Balaban J connectivity index is 2.32. The number of benzene rings is 1. The smallest absolute Gasteiger partial charge is 0.321 e. The minimum atomic E-state index is -1.19. The molecule has 1 amide bonds. The largest absolute Gasteiger partial charge is 0.491 e. The van der Waals surface area contributed by atoms with Crippen molar-refractivity contribution < 1.29 is 24.5 Å². The Morgan fingerprint density at radius 1 is 1.30 bits per heavy atom. The standard InChI is InChI=1S/C13H18N2O5/c14-12(17)6-11(13(18)19)15-7-9(16)8-20-10-4-2-1-3-5-10/h1-5,9,11,15-16H,6-8H2,(H2,14,17)(H,18,19)/t9-,11+/m0/s1. The molecular formula is C13H18N2O5. The van der Waals surface area contributed by atoms with Crippen LogP contribution >= 0.6 is 0 Å². The van der Waals surface area contributed by atoms with Crippen LogP contribution in [-0.4, -0.2) is 47.4 Å². The number of para-hydroxylation sites is 1. The number of carboxylic acid groups (broad SMARTS) is 1. The van der Waals surface area contributed by atoms with Crippen LogP contribution in [0.5, 0.6) is 5.75 Å². The topological polar surface area (TPSA) is 122 Å². The highest BCUT2D eigenvalue weighted by Crippen LogP contribution is 2.08. The van der Waals surface area contributed by atoms with E-state index in [-0.39, 0.29) is 19.6 Å². The zero-order valence-electron chi connectivity index (χ0n) is 10.9. The summed E-state index contributed by atoms with van der Waals surface area (Å²) in [6, 6.07) is 7.81. The number of carbonyl (C=O) groups excluding carboxylic acids is 1. The molecule has 0 aliphatic rings. The molecule has 1 aromatic carbocycles. The first-order valence-electron chi connectivity index (χ1n) is 6.09. The lowest BCUT2D eigenvalue weighted by Crippen LogP contribution is -2.44. The van der Waals surface area contributed by atoms with Crippen LogP contribution in [0.1, 0.15) is 6.42 Å². The number of nitrogens with two attached hydrogens (primary N) is 1. The molecular weight excluding hydrogens is 264 g/mol. The summed E-state index contributed by atoms with van der Waals surface area (Å²) in [4.78, 5) is 21.5. The second kappa shape index (κ2) is 8.13. The van der Waals surface area contributed by atoms with Gasteiger partial charge in [-0.3, -0.25) is 9.59 Å². The zero-order chi connectivity index (χ0) is 15.0. The minimum absolute atomic E-state index is 0.0138. The average molecular weight is 282 g/mol. The first-order valence-corrected chi connectivity index (χ1v) is 6.09. The molecule has 0 spiro atoms. The quantitative estimate of drug-likeness (QED) is 0.477. The molecule has 0 bridgehead atoms. The fourth-order valence-electron chi connectivity index (χ4n) is 1.49. The van der Waals surface area contributed by atoms with Gasteiger partial charge in [-0.15, -0.1) is 0 Å². The summed E-state index contributed by atoms with van der Waals surface area (Å²) in [5, 5.41) is 21.1. The molecule has 7 heteroatoms. The van der Waals surface area contributed by atoms with Crippen molar-refractivity contribution in [1.29, 1.82) is 0 Å². The molecule has 2 atom stereocenters. The van der Waals surface area contributed by atoms with Crippen LogP contribution in [-0.2, 0) is 9.59 Å². The van der Waals surface area contributed by atoms with Gasteiger partial charge in [-0.05, 0) is 12.1 Å². The maximum absolute atomic E-state index is 10.8. The normalized spacial score (nSPS) is 13.4. The number of primary amides is 1. The lowest BCUT2D eigenvalue weighted by atomic mass is 10.2. The van der Waals surface area contributed by atoms with Crippen molar-refractivity contribution in [3.05, 3.63) is 30.3 Å². The summed E-state index contributed by atoms with van der Waals surface area (Å²) in [5.41, 5.74) is 4.94. The zero-order valence-corrected chi connectivity index (χ0v) is 10.9. The monoisotopic (exact) mass is 282 g/mol. The van der Waals surface area contributed by atoms with Crippen LogP contribution in [0.15, 0.2) is 30.3 Å². The Morgan fingerprint density at radius 2 is 1.95 bits per heavy atom. The Labute approximate surface area is 116 Å². The molecule has 110 valence electrons. The van der Waals surface area contributed by atoms with Gasteiger partial charge in [0.25, 0.3) is 0 Å².